The molecular formula is C21H31N4O4+. The van der Waals surface area contributed by atoms with Crippen LogP contribution in [0.2, 0.25) is 0 Å². The van der Waals surface area contributed by atoms with Gasteiger partial charge >= 0.3 is 6.03 Å². The van der Waals surface area contributed by atoms with Crippen LogP contribution in [0.5, 0.6) is 11.5 Å². The Morgan fingerprint density at radius 2 is 1.93 bits per heavy atom. The third kappa shape index (κ3) is 5.12. The van der Waals surface area contributed by atoms with Crippen LogP contribution < -0.4 is 29.9 Å². The quantitative estimate of drug-likeness (QED) is 0.598. The minimum absolute atomic E-state index is 0.000626. The number of fused-ring (bicyclic) bond motifs is 1. The van der Waals surface area contributed by atoms with Gasteiger partial charge in [-0.2, -0.15) is 0 Å². The number of rotatable bonds is 6. The molecule has 2 fully saturated rings. The van der Waals surface area contributed by atoms with Gasteiger partial charge in [-0.3, -0.25) is 4.79 Å². The number of hydrogen-bond donors (Lipinski definition) is 3. The van der Waals surface area contributed by atoms with E-state index in [1.807, 2.05) is 18.2 Å². The number of ether oxygens (including phenoxy) is 2. The fourth-order valence-electron chi connectivity index (χ4n) is 4.33. The number of nitrogens with zero attached hydrogens (tertiary/aromatic N) is 1. The predicted octanol–water partition coefficient (Wildman–Crippen LogP) is 0.321. The molecule has 3 aliphatic heterocycles. The summed E-state index contributed by atoms with van der Waals surface area (Å²) >= 11 is 0. The van der Waals surface area contributed by atoms with Crippen LogP contribution in [0.1, 0.15) is 32.1 Å². The normalized spacial score (nSPS) is 21.9. The lowest BCUT2D eigenvalue weighted by Crippen LogP contribution is -3.12. The van der Waals surface area contributed by atoms with E-state index in [1.165, 1.54) is 32.4 Å². The molecule has 3 aliphatic rings. The molecule has 29 heavy (non-hydrogen) atoms. The molecule has 8 nitrogen and oxygen atoms in total. The maximum absolute atomic E-state index is 12.4. The highest BCUT2D eigenvalue weighted by Gasteiger charge is 2.32. The highest BCUT2D eigenvalue weighted by molar-refractivity contribution is 5.97. The summed E-state index contributed by atoms with van der Waals surface area (Å²) in [4.78, 5) is 28.0. The summed E-state index contributed by atoms with van der Waals surface area (Å²) in [6.45, 7) is 5.80. The van der Waals surface area contributed by atoms with Crippen molar-refractivity contribution < 1.29 is 24.0 Å². The molecule has 0 bridgehead atoms. The standard InChI is InChI=1S/C21H30N4O4/c26-20-13-16(23-21(27)22-7-4-10-24-8-2-1-3-9-24)15-25(20)17-5-6-18-19(14-17)29-12-11-28-18/h5-6,14,16H,1-4,7-13,15H2,(H2,22,23,27)/p+1/t16-/m0/s1. The van der Waals surface area contributed by atoms with Gasteiger partial charge in [0.05, 0.1) is 25.7 Å². The van der Waals surface area contributed by atoms with Gasteiger partial charge in [0.2, 0.25) is 5.91 Å². The van der Waals surface area contributed by atoms with Gasteiger partial charge in [-0.1, -0.05) is 0 Å². The van der Waals surface area contributed by atoms with Crippen LogP contribution in [0, 0.1) is 0 Å². The van der Waals surface area contributed by atoms with Gasteiger partial charge in [0.25, 0.3) is 0 Å². The van der Waals surface area contributed by atoms with Gasteiger partial charge < -0.3 is 29.9 Å². The maximum atomic E-state index is 12.4. The number of carbonyl (C=O) groups is 2. The molecule has 0 saturated carbocycles. The fraction of sp³-hybridized carbons (Fsp3) is 0.619. The molecule has 158 valence electrons. The molecule has 0 aliphatic carbocycles. The van der Waals surface area contributed by atoms with Crippen LogP contribution >= 0.6 is 0 Å². The van der Waals surface area contributed by atoms with Gasteiger partial charge in [0.1, 0.15) is 13.2 Å². The zero-order valence-electron chi connectivity index (χ0n) is 16.9. The first-order chi connectivity index (χ1) is 14.2. The van der Waals surface area contributed by atoms with Crippen LogP contribution in [0.15, 0.2) is 18.2 Å². The molecule has 0 spiro atoms. The maximum Gasteiger partial charge on any atom is 0.315 e. The average molecular weight is 404 g/mol. The van der Waals surface area contributed by atoms with Crippen molar-refractivity contribution in [1.82, 2.24) is 10.6 Å². The Kier molecular flexibility index (Phi) is 6.39. The lowest BCUT2D eigenvalue weighted by Gasteiger charge is -2.23. The second-order valence-electron chi connectivity index (χ2n) is 8.05. The first-order valence-electron chi connectivity index (χ1n) is 10.8. The van der Waals surface area contributed by atoms with E-state index in [0.717, 1.165) is 18.7 Å². The molecule has 1 atom stereocenters. The molecule has 3 N–H and O–H groups in total. The van der Waals surface area contributed by atoms with E-state index in [-0.39, 0.29) is 18.0 Å². The number of piperidine rings is 1. The van der Waals surface area contributed by atoms with E-state index >= 15 is 0 Å². The summed E-state index contributed by atoms with van der Waals surface area (Å²) in [6.07, 6.45) is 5.28. The van der Waals surface area contributed by atoms with Crippen molar-refractivity contribution in [1.29, 1.82) is 0 Å². The number of nitrogens with one attached hydrogen (secondary N) is 3. The molecule has 4 rings (SSSR count). The summed E-state index contributed by atoms with van der Waals surface area (Å²) in [5.41, 5.74) is 0.772. The van der Waals surface area contributed by atoms with Crippen molar-refractivity contribution in [3.05, 3.63) is 18.2 Å². The first-order valence-corrected chi connectivity index (χ1v) is 10.8. The lowest BCUT2D eigenvalue weighted by atomic mass is 10.1. The zero-order valence-corrected chi connectivity index (χ0v) is 16.9. The molecule has 8 heteroatoms. The summed E-state index contributed by atoms with van der Waals surface area (Å²) in [5, 5.41) is 5.86. The Labute approximate surface area is 171 Å². The third-order valence-electron chi connectivity index (χ3n) is 5.85. The van der Waals surface area contributed by atoms with E-state index in [4.69, 9.17) is 9.47 Å². The number of urea groups is 1. The van der Waals surface area contributed by atoms with E-state index in [0.29, 0.717) is 44.2 Å². The number of hydrogen-bond acceptors (Lipinski definition) is 4. The highest BCUT2D eigenvalue weighted by atomic mass is 16.6. The van der Waals surface area contributed by atoms with E-state index in [1.54, 1.807) is 9.80 Å². The van der Waals surface area contributed by atoms with Crippen molar-refractivity contribution in [2.24, 2.45) is 0 Å². The third-order valence-corrected chi connectivity index (χ3v) is 5.85. The molecule has 1 aromatic rings. The van der Waals surface area contributed by atoms with E-state index in [9.17, 15) is 9.59 Å². The Morgan fingerprint density at radius 1 is 1.14 bits per heavy atom. The van der Waals surface area contributed by atoms with Crippen LogP contribution in [0.3, 0.4) is 0 Å². The summed E-state index contributed by atoms with van der Waals surface area (Å²) in [5.74, 6) is 1.36. The lowest BCUT2D eigenvalue weighted by molar-refractivity contribution is -0.904. The van der Waals surface area contributed by atoms with E-state index < -0.39 is 0 Å². The Morgan fingerprint density at radius 3 is 2.76 bits per heavy atom. The van der Waals surface area contributed by atoms with Gasteiger partial charge in [-0.15, -0.1) is 0 Å². The highest BCUT2D eigenvalue weighted by Crippen LogP contribution is 2.35. The fourth-order valence-corrected chi connectivity index (χ4v) is 4.33. The SMILES string of the molecule is O=C(NCCC[NH+]1CCCCC1)N[C@H]1CC(=O)N(c2ccc3c(c2)OCCO3)C1. The molecule has 1 aromatic carbocycles. The predicted molar refractivity (Wildman–Crippen MR) is 109 cm³/mol. The zero-order chi connectivity index (χ0) is 20.1. The number of likely N-dealkylation sites (tertiary alicyclic amines) is 1. The van der Waals surface area contributed by atoms with Crippen molar-refractivity contribution in [2.75, 3.05) is 50.8 Å². The summed E-state index contributed by atoms with van der Waals surface area (Å²) in [6, 6.07) is 5.13. The van der Waals surface area contributed by atoms with Crippen LogP contribution in [-0.2, 0) is 4.79 Å². The van der Waals surface area contributed by atoms with Crippen molar-refractivity contribution in [3.8, 4) is 11.5 Å². The Hall–Kier alpha value is -2.48. The number of quaternary nitrogens is 1. The van der Waals surface area contributed by atoms with Crippen molar-refractivity contribution in [2.45, 2.75) is 38.1 Å². The number of amides is 3. The van der Waals surface area contributed by atoms with Crippen molar-refractivity contribution >= 4 is 17.6 Å². The molecular weight excluding hydrogens is 372 g/mol. The molecule has 2 saturated heterocycles. The second kappa shape index (κ2) is 9.35. The molecule has 0 aromatic heterocycles. The largest absolute Gasteiger partial charge is 0.486 e. The minimum Gasteiger partial charge on any atom is -0.486 e. The Balaban J connectivity index is 1.21. The van der Waals surface area contributed by atoms with Gasteiger partial charge in [-0.25, -0.2) is 4.79 Å². The van der Waals surface area contributed by atoms with Crippen LogP contribution in [-0.4, -0.2) is 63.9 Å². The number of benzene rings is 1. The monoisotopic (exact) mass is 403 g/mol. The average Bonchev–Trinajstić information content (AvgIpc) is 3.11. The summed E-state index contributed by atoms with van der Waals surface area (Å²) in [7, 11) is 0. The summed E-state index contributed by atoms with van der Waals surface area (Å²) < 4.78 is 11.1. The topological polar surface area (TPSA) is 84.3 Å². The van der Waals surface area contributed by atoms with Crippen molar-refractivity contribution in [3.63, 3.8) is 0 Å². The Bertz CT molecular complexity index is 735. The van der Waals surface area contributed by atoms with Crippen LogP contribution in [0.25, 0.3) is 0 Å². The van der Waals surface area contributed by atoms with Crippen LogP contribution in [0.4, 0.5) is 10.5 Å². The number of anilines is 1. The number of carbonyl (C=O) groups excluding carboxylic acids is 2. The molecule has 0 unspecified atom stereocenters. The smallest absolute Gasteiger partial charge is 0.315 e. The van der Waals surface area contributed by atoms with Gasteiger partial charge in [-0.05, 0) is 31.4 Å². The molecule has 3 amide bonds. The van der Waals surface area contributed by atoms with E-state index in [2.05, 4.69) is 10.6 Å². The minimum atomic E-state index is -0.194. The molecule has 0 radical (unpaired) electrons. The van der Waals surface area contributed by atoms with Gasteiger partial charge in [0.15, 0.2) is 11.5 Å². The second-order valence-corrected chi connectivity index (χ2v) is 8.05. The first kappa shape index (κ1) is 19.8. The molecule has 3 heterocycles. The van der Waals surface area contributed by atoms with Gasteiger partial charge in [0, 0.05) is 37.7 Å².